The van der Waals surface area contributed by atoms with Crippen molar-refractivity contribution >= 4 is 23.0 Å². The first kappa shape index (κ1) is 20.4. The molecule has 1 N–H and O–H groups in total. The molecule has 1 aliphatic rings. The van der Waals surface area contributed by atoms with Crippen molar-refractivity contribution in [3.63, 3.8) is 0 Å². The van der Waals surface area contributed by atoms with Crippen LogP contribution in [0.15, 0.2) is 67.0 Å². The molecule has 5 nitrogen and oxygen atoms in total. The van der Waals surface area contributed by atoms with Crippen molar-refractivity contribution in [2.24, 2.45) is 5.92 Å². The minimum absolute atomic E-state index is 0.00662. The van der Waals surface area contributed by atoms with Gasteiger partial charge in [0.25, 0.3) is 0 Å². The smallest absolute Gasteiger partial charge is 0.170 e. The third-order valence-corrected chi connectivity index (χ3v) is 5.84. The number of hydrogen-bond donors (Lipinski definition) is 1. The fourth-order valence-corrected chi connectivity index (χ4v) is 4.41. The zero-order valence-corrected chi connectivity index (χ0v) is 18.8. The summed E-state index contributed by atoms with van der Waals surface area (Å²) in [7, 11) is 4.12. The van der Waals surface area contributed by atoms with Gasteiger partial charge >= 0.3 is 0 Å². The highest BCUT2D eigenvalue weighted by Gasteiger charge is 2.41. The highest BCUT2D eigenvalue weighted by molar-refractivity contribution is 7.80. The van der Waals surface area contributed by atoms with Crippen LogP contribution in [0.2, 0.25) is 0 Å². The molecule has 0 saturated carbocycles. The summed E-state index contributed by atoms with van der Waals surface area (Å²) in [5.41, 5.74) is 4.54. The Balaban J connectivity index is 1.77. The molecule has 2 aromatic heterocycles. The Morgan fingerprint density at radius 3 is 2.47 bits per heavy atom. The van der Waals surface area contributed by atoms with Gasteiger partial charge in [0.2, 0.25) is 0 Å². The van der Waals surface area contributed by atoms with Gasteiger partial charge in [-0.2, -0.15) is 0 Å². The zero-order chi connectivity index (χ0) is 21.3. The van der Waals surface area contributed by atoms with Crippen LogP contribution in [-0.4, -0.2) is 40.2 Å². The number of nitrogens with zero attached hydrogens (tertiary/aromatic N) is 4. The maximum Gasteiger partial charge on any atom is 0.170 e. The van der Waals surface area contributed by atoms with E-state index in [4.69, 9.17) is 12.2 Å². The van der Waals surface area contributed by atoms with Crippen molar-refractivity contribution in [2.45, 2.75) is 25.9 Å². The fourth-order valence-electron chi connectivity index (χ4n) is 4.10. The van der Waals surface area contributed by atoms with Crippen molar-refractivity contribution in [2.75, 3.05) is 25.5 Å². The molecule has 1 aromatic carbocycles. The lowest BCUT2D eigenvalue weighted by molar-refractivity contribution is 0.280. The summed E-state index contributed by atoms with van der Waals surface area (Å²) < 4.78 is 2.27. The summed E-state index contributed by atoms with van der Waals surface area (Å²) >= 11 is 5.76. The summed E-state index contributed by atoms with van der Waals surface area (Å²) in [6.07, 6.45) is 3.98. The topological polar surface area (TPSA) is 36.3 Å². The van der Waals surface area contributed by atoms with Crippen molar-refractivity contribution in [3.8, 4) is 5.69 Å². The maximum atomic E-state index is 5.76. The lowest BCUT2D eigenvalue weighted by atomic mass is 10.0. The lowest BCUT2D eigenvalue weighted by Gasteiger charge is -2.30. The third-order valence-electron chi connectivity index (χ3n) is 5.49. The monoisotopic (exact) mass is 419 g/mol. The van der Waals surface area contributed by atoms with Crippen molar-refractivity contribution in [1.29, 1.82) is 0 Å². The van der Waals surface area contributed by atoms with Crippen LogP contribution in [0.25, 0.3) is 5.69 Å². The van der Waals surface area contributed by atoms with Gasteiger partial charge in [-0.1, -0.05) is 19.9 Å². The highest BCUT2D eigenvalue weighted by atomic mass is 32.1. The van der Waals surface area contributed by atoms with Crippen LogP contribution in [0, 0.1) is 5.92 Å². The Morgan fingerprint density at radius 1 is 1.07 bits per heavy atom. The molecule has 6 heteroatoms. The van der Waals surface area contributed by atoms with E-state index in [1.54, 1.807) is 0 Å². The minimum Gasteiger partial charge on any atom is -0.378 e. The Bertz CT molecular complexity index is 994. The molecule has 0 radical (unpaired) electrons. The average Bonchev–Trinajstić information content (AvgIpc) is 3.33. The van der Waals surface area contributed by atoms with E-state index in [1.165, 1.54) is 11.4 Å². The van der Waals surface area contributed by atoms with Gasteiger partial charge in [0.15, 0.2) is 5.11 Å². The van der Waals surface area contributed by atoms with E-state index in [0.717, 1.165) is 23.0 Å². The molecule has 1 saturated heterocycles. The molecule has 30 heavy (non-hydrogen) atoms. The second-order valence-electron chi connectivity index (χ2n) is 8.39. The number of pyridine rings is 1. The molecular weight excluding hydrogens is 390 g/mol. The molecule has 0 unspecified atom stereocenters. The van der Waals surface area contributed by atoms with Gasteiger partial charge in [0.1, 0.15) is 0 Å². The van der Waals surface area contributed by atoms with E-state index < -0.39 is 0 Å². The van der Waals surface area contributed by atoms with Gasteiger partial charge in [-0.3, -0.25) is 4.98 Å². The Morgan fingerprint density at radius 2 is 1.83 bits per heavy atom. The summed E-state index contributed by atoms with van der Waals surface area (Å²) in [4.78, 5) is 9.07. The number of benzene rings is 1. The van der Waals surface area contributed by atoms with Crippen LogP contribution in [0.4, 0.5) is 5.69 Å². The average molecular weight is 420 g/mol. The molecule has 1 aliphatic heterocycles. The Hall–Kier alpha value is -2.86. The van der Waals surface area contributed by atoms with Crippen molar-refractivity contribution < 1.29 is 0 Å². The molecule has 3 heterocycles. The second-order valence-corrected chi connectivity index (χ2v) is 8.77. The first-order valence-electron chi connectivity index (χ1n) is 10.4. The van der Waals surface area contributed by atoms with Crippen LogP contribution in [0.1, 0.15) is 37.3 Å². The van der Waals surface area contributed by atoms with Crippen molar-refractivity contribution in [1.82, 2.24) is 19.8 Å². The van der Waals surface area contributed by atoms with Gasteiger partial charge < -0.3 is 19.7 Å². The van der Waals surface area contributed by atoms with E-state index in [0.29, 0.717) is 5.92 Å². The number of hydrogen-bond acceptors (Lipinski definition) is 3. The van der Waals surface area contributed by atoms with Crippen LogP contribution in [0.5, 0.6) is 0 Å². The molecule has 0 spiro atoms. The summed E-state index contributed by atoms with van der Waals surface area (Å²) in [5.74, 6) is 0.498. The number of rotatable bonds is 6. The standard InChI is InChI=1S/C24H29N5S/c1-17(2)16-29-23(22(26-24(29)30)20-8-5-6-14-25-20)21-9-7-15-28(21)19-12-10-18(11-13-19)27(3)4/h5-15,17,22-23H,16H2,1-4H3,(H,26,30)/t22-,23+/m1/s1. The van der Waals surface area contributed by atoms with Crippen LogP contribution < -0.4 is 10.2 Å². The molecule has 0 bridgehead atoms. The number of aromatic nitrogens is 2. The summed E-state index contributed by atoms with van der Waals surface area (Å²) in [6.45, 7) is 5.35. The molecule has 1 fully saturated rings. The predicted molar refractivity (Wildman–Crippen MR) is 127 cm³/mol. The Kier molecular flexibility index (Phi) is 5.77. The highest BCUT2D eigenvalue weighted by Crippen LogP contribution is 2.40. The Labute approximate surface area is 184 Å². The summed E-state index contributed by atoms with van der Waals surface area (Å²) in [6, 6.07) is 19.1. The zero-order valence-electron chi connectivity index (χ0n) is 18.0. The predicted octanol–water partition coefficient (Wildman–Crippen LogP) is 4.57. The van der Waals surface area contributed by atoms with Crippen LogP contribution in [0.3, 0.4) is 0 Å². The SMILES string of the molecule is CC(C)CN1C(=S)N[C@H](c2ccccn2)[C@@H]1c1cccn1-c1ccc(N(C)C)cc1. The maximum absolute atomic E-state index is 5.76. The van der Waals surface area contributed by atoms with E-state index in [2.05, 4.69) is 101 Å². The minimum atomic E-state index is 0.00662. The van der Waals surface area contributed by atoms with Crippen molar-refractivity contribution in [3.05, 3.63) is 78.4 Å². The largest absolute Gasteiger partial charge is 0.378 e. The fraction of sp³-hybridized carbons (Fsp3) is 0.333. The number of anilines is 1. The molecule has 4 rings (SSSR count). The lowest BCUT2D eigenvalue weighted by Crippen LogP contribution is -2.33. The molecule has 156 valence electrons. The quantitative estimate of drug-likeness (QED) is 0.593. The number of thiocarbonyl (C=S) groups is 1. The molecule has 3 aromatic rings. The third kappa shape index (κ3) is 3.92. The molecule has 0 aliphatic carbocycles. The van der Waals surface area contributed by atoms with E-state index >= 15 is 0 Å². The number of nitrogens with one attached hydrogen (secondary N) is 1. The van der Waals surface area contributed by atoms with Crippen LogP contribution >= 0.6 is 12.2 Å². The van der Waals surface area contributed by atoms with Gasteiger partial charge in [-0.15, -0.1) is 0 Å². The normalized spacial score (nSPS) is 18.7. The first-order valence-corrected chi connectivity index (χ1v) is 10.8. The van der Waals surface area contributed by atoms with Gasteiger partial charge in [0.05, 0.1) is 17.8 Å². The van der Waals surface area contributed by atoms with E-state index in [-0.39, 0.29) is 12.1 Å². The molecule has 2 atom stereocenters. The van der Waals surface area contributed by atoms with Crippen LogP contribution in [-0.2, 0) is 0 Å². The second kappa shape index (κ2) is 8.48. The van der Waals surface area contributed by atoms with Gasteiger partial charge in [0, 0.05) is 50.1 Å². The van der Waals surface area contributed by atoms with E-state index in [1.807, 2.05) is 18.3 Å². The molecule has 0 amide bonds. The van der Waals surface area contributed by atoms with Gasteiger partial charge in [-0.25, -0.2) is 0 Å². The first-order chi connectivity index (χ1) is 14.5. The van der Waals surface area contributed by atoms with E-state index in [9.17, 15) is 0 Å². The molecular formula is C24H29N5S. The summed E-state index contributed by atoms with van der Waals surface area (Å²) in [5, 5.41) is 4.33. The van der Waals surface area contributed by atoms with Gasteiger partial charge in [-0.05, 0) is 66.7 Å².